The van der Waals surface area contributed by atoms with E-state index in [1.165, 1.54) is 115 Å². The maximum Gasteiger partial charge on any atom is 0.136 e. The molecular weight excluding hydrogens is 773 g/mol. The van der Waals surface area contributed by atoms with Crippen LogP contribution in [0.1, 0.15) is 52.7 Å². The van der Waals surface area contributed by atoms with Crippen molar-refractivity contribution < 1.29 is 4.42 Å². The van der Waals surface area contributed by atoms with E-state index in [0.717, 1.165) is 16.6 Å². The number of hydrogen-bond acceptors (Lipinski definition) is 1. The molecule has 1 nitrogen and oxygen atoms in total. The summed E-state index contributed by atoms with van der Waals surface area (Å²) in [7, 11) is 0. The van der Waals surface area contributed by atoms with Crippen molar-refractivity contribution in [1.82, 2.24) is 0 Å². The van der Waals surface area contributed by atoms with E-state index >= 15 is 0 Å². The second-order valence-corrected chi connectivity index (χ2v) is 20.4. The van der Waals surface area contributed by atoms with Gasteiger partial charge in [-0.05, 0) is 156 Å². The van der Waals surface area contributed by atoms with Crippen molar-refractivity contribution in [3.05, 3.63) is 193 Å². The average molecular weight is 821 g/mol. The van der Waals surface area contributed by atoms with Gasteiger partial charge >= 0.3 is 0 Å². The zero-order chi connectivity index (χ0) is 43.3. The third-order valence-corrected chi connectivity index (χ3v) is 15.1. The summed E-state index contributed by atoms with van der Waals surface area (Å²) in [6, 6.07) is 68.4. The monoisotopic (exact) mass is 820 g/mol. The lowest BCUT2D eigenvalue weighted by Crippen LogP contribution is -2.50. The van der Waals surface area contributed by atoms with E-state index in [1.54, 1.807) is 0 Å². The van der Waals surface area contributed by atoms with Crippen molar-refractivity contribution in [2.45, 2.75) is 47.0 Å². The highest BCUT2D eigenvalue weighted by Gasteiger charge is 2.58. The Bertz CT molecular complexity index is 3900. The third kappa shape index (κ3) is 4.85. The molecule has 1 heteroatoms. The van der Waals surface area contributed by atoms with Crippen molar-refractivity contribution >= 4 is 86.6 Å². The normalized spacial score (nSPS) is 13.9. The molecule has 0 bridgehead atoms. The van der Waals surface area contributed by atoms with Crippen LogP contribution in [0.3, 0.4) is 0 Å². The highest BCUT2D eigenvalue weighted by atomic mass is 16.3. The standard InChI is InChI=1S/C63H48O/c1-61(2,3)63(62(4,5)6)53-36-39-19-8-7-18-38(39)33-51(53)59-44-22-12-11-21-43(44)50-34-40(27-30-49(50)60(59)63)56-45-23-13-15-25-47(45)57(48-26-16-14-24-46(48)56)41-29-31-54-52(35-41)58-42-20-10-9-17-37(42)28-32-55(58)64-54/h7-36H,1-6H3. The Morgan fingerprint density at radius 2 is 0.812 bits per heavy atom. The number of benzene rings is 11. The fourth-order valence-electron chi connectivity index (χ4n) is 13.0. The Morgan fingerprint density at radius 3 is 1.41 bits per heavy atom. The van der Waals surface area contributed by atoms with Crippen LogP contribution < -0.4 is 0 Å². The van der Waals surface area contributed by atoms with Crippen LogP contribution in [0, 0.1) is 10.8 Å². The van der Waals surface area contributed by atoms with Crippen LogP contribution >= 0.6 is 0 Å². The molecule has 0 atom stereocenters. The fraction of sp³-hybridized carbons (Fsp3) is 0.143. The second kappa shape index (κ2) is 12.9. The van der Waals surface area contributed by atoms with E-state index in [1.807, 2.05) is 0 Å². The molecule has 0 unspecified atom stereocenters. The summed E-state index contributed by atoms with van der Waals surface area (Å²) in [6.45, 7) is 14.8. The Kier molecular flexibility index (Phi) is 7.54. The van der Waals surface area contributed by atoms with Crippen molar-refractivity contribution in [2.24, 2.45) is 10.8 Å². The summed E-state index contributed by atoms with van der Waals surface area (Å²) in [5, 5.41) is 17.6. The molecule has 0 saturated carbocycles. The van der Waals surface area contributed by atoms with Gasteiger partial charge in [-0.15, -0.1) is 0 Å². The fourth-order valence-corrected chi connectivity index (χ4v) is 13.0. The molecule has 0 amide bonds. The summed E-state index contributed by atoms with van der Waals surface area (Å²) >= 11 is 0. The molecule has 306 valence electrons. The van der Waals surface area contributed by atoms with Gasteiger partial charge in [-0.3, -0.25) is 0 Å². The highest BCUT2D eigenvalue weighted by molar-refractivity contribution is 6.25. The highest BCUT2D eigenvalue weighted by Crippen LogP contribution is 2.67. The van der Waals surface area contributed by atoms with Gasteiger partial charge in [-0.25, -0.2) is 0 Å². The van der Waals surface area contributed by atoms with E-state index in [2.05, 4.69) is 224 Å². The molecule has 0 saturated heterocycles. The van der Waals surface area contributed by atoms with Crippen LogP contribution in [-0.2, 0) is 5.41 Å². The topological polar surface area (TPSA) is 13.1 Å². The average Bonchev–Trinajstić information content (AvgIpc) is 3.84. The maximum absolute atomic E-state index is 6.48. The molecular formula is C63H48O. The van der Waals surface area contributed by atoms with E-state index in [0.29, 0.717) is 0 Å². The van der Waals surface area contributed by atoms with Crippen molar-refractivity contribution in [1.29, 1.82) is 0 Å². The summed E-state index contributed by atoms with van der Waals surface area (Å²) in [5.74, 6) is 0. The summed E-state index contributed by atoms with van der Waals surface area (Å²) in [6.07, 6.45) is 0. The molecule has 1 aliphatic rings. The summed E-state index contributed by atoms with van der Waals surface area (Å²) in [5.41, 5.74) is 12.0. The predicted molar refractivity (Wildman–Crippen MR) is 275 cm³/mol. The van der Waals surface area contributed by atoms with Gasteiger partial charge in [-0.2, -0.15) is 0 Å². The van der Waals surface area contributed by atoms with Gasteiger partial charge in [0.1, 0.15) is 11.2 Å². The van der Waals surface area contributed by atoms with E-state index < -0.39 is 0 Å². The van der Waals surface area contributed by atoms with E-state index in [-0.39, 0.29) is 16.2 Å². The Labute approximate surface area is 373 Å². The Hall–Kier alpha value is -7.22. The zero-order valence-corrected chi connectivity index (χ0v) is 37.2. The SMILES string of the molecule is CC(C)(C)C1(C(C)(C)C)c2cc3ccccc3cc2-c2c1c1ccc(-c3c4ccccc4c(-c4ccc5oc6ccc7ccccc7c6c5c4)c4ccccc34)cc1c1ccccc21. The van der Waals surface area contributed by atoms with Crippen molar-refractivity contribution in [2.75, 3.05) is 0 Å². The van der Waals surface area contributed by atoms with Crippen molar-refractivity contribution in [3.63, 3.8) is 0 Å². The summed E-state index contributed by atoms with van der Waals surface area (Å²) < 4.78 is 6.48. The van der Waals surface area contributed by atoms with Crippen LogP contribution in [-0.4, -0.2) is 0 Å². The molecule has 0 spiro atoms. The number of furan rings is 1. The maximum atomic E-state index is 6.48. The van der Waals surface area contributed by atoms with Gasteiger partial charge < -0.3 is 4.42 Å². The largest absolute Gasteiger partial charge is 0.456 e. The molecule has 13 rings (SSSR count). The third-order valence-electron chi connectivity index (χ3n) is 15.1. The minimum atomic E-state index is -0.284. The smallest absolute Gasteiger partial charge is 0.136 e. The van der Waals surface area contributed by atoms with Gasteiger partial charge in [0.2, 0.25) is 0 Å². The molecule has 1 heterocycles. The van der Waals surface area contributed by atoms with Gasteiger partial charge in [0.15, 0.2) is 0 Å². The first-order valence-corrected chi connectivity index (χ1v) is 22.8. The van der Waals surface area contributed by atoms with Crippen LogP contribution in [0.15, 0.2) is 186 Å². The molecule has 11 aromatic carbocycles. The molecule has 1 aliphatic carbocycles. The van der Waals surface area contributed by atoms with Crippen molar-refractivity contribution in [3.8, 4) is 33.4 Å². The first-order chi connectivity index (χ1) is 31.0. The quantitative estimate of drug-likeness (QED) is 0.125. The van der Waals surface area contributed by atoms with Gasteiger partial charge in [0.25, 0.3) is 0 Å². The first-order valence-electron chi connectivity index (χ1n) is 22.8. The molecule has 0 radical (unpaired) electrons. The minimum Gasteiger partial charge on any atom is -0.456 e. The second-order valence-electron chi connectivity index (χ2n) is 20.4. The lowest BCUT2D eigenvalue weighted by Gasteiger charge is -2.53. The molecule has 0 fully saturated rings. The van der Waals surface area contributed by atoms with Gasteiger partial charge in [-0.1, -0.05) is 187 Å². The molecule has 0 N–H and O–H groups in total. The predicted octanol–water partition coefficient (Wildman–Crippen LogP) is 18.2. The molecule has 0 aliphatic heterocycles. The van der Waals surface area contributed by atoms with Gasteiger partial charge in [0.05, 0.1) is 0 Å². The lowest BCUT2D eigenvalue weighted by atomic mass is 9.49. The van der Waals surface area contributed by atoms with Gasteiger partial charge in [0, 0.05) is 16.2 Å². The first kappa shape index (κ1) is 37.3. The molecule has 64 heavy (non-hydrogen) atoms. The summed E-state index contributed by atoms with van der Waals surface area (Å²) in [4.78, 5) is 0. The van der Waals surface area contributed by atoms with Crippen LogP contribution in [0.2, 0.25) is 0 Å². The van der Waals surface area contributed by atoms with Crippen LogP contribution in [0.25, 0.3) is 120 Å². The number of fused-ring (bicyclic) bond motifs is 16. The van der Waals surface area contributed by atoms with Crippen LogP contribution in [0.5, 0.6) is 0 Å². The number of rotatable bonds is 2. The van der Waals surface area contributed by atoms with E-state index in [9.17, 15) is 0 Å². The van der Waals surface area contributed by atoms with Crippen LogP contribution in [0.4, 0.5) is 0 Å². The number of hydrogen-bond donors (Lipinski definition) is 0. The van der Waals surface area contributed by atoms with E-state index in [4.69, 9.17) is 4.42 Å². The lowest BCUT2D eigenvalue weighted by molar-refractivity contribution is 0.0965. The Balaban J connectivity index is 1.11. The molecule has 12 aromatic rings. The minimum absolute atomic E-state index is 0.108. The zero-order valence-electron chi connectivity index (χ0n) is 37.2. The Morgan fingerprint density at radius 1 is 0.344 bits per heavy atom. The molecule has 1 aromatic heterocycles.